The van der Waals surface area contributed by atoms with Crippen molar-refractivity contribution in [2.24, 2.45) is 5.92 Å². The zero-order valence-electron chi connectivity index (χ0n) is 9.97. The Hall–Kier alpha value is -0.920. The highest BCUT2D eigenvalue weighted by atomic mass is 32.2. The molecule has 0 amide bonds. The molecule has 0 aliphatic carbocycles. The molecule has 0 aromatic carbocycles. The van der Waals surface area contributed by atoms with Gasteiger partial charge in [0.25, 0.3) is 0 Å². The van der Waals surface area contributed by atoms with E-state index in [9.17, 15) is 8.42 Å². The van der Waals surface area contributed by atoms with Gasteiger partial charge in [0.2, 0.25) is 10.0 Å². The normalized spacial score (nSPS) is 22.2. The molecule has 1 saturated heterocycles. The van der Waals surface area contributed by atoms with Crippen LogP contribution in [0.25, 0.3) is 0 Å². The maximum atomic E-state index is 12.4. The first-order valence-electron chi connectivity index (χ1n) is 5.59. The van der Waals surface area contributed by atoms with Gasteiger partial charge in [0.15, 0.2) is 0 Å². The van der Waals surface area contributed by atoms with Crippen LogP contribution in [0.15, 0.2) is 4.90 Å². The van der Waals surface area contributed by atoms with Crippen LogP contribution < -0.4 is 0 Å². The van der Waals surface area contributed by atoms with Crippen molar-refractivity contribution < 1.29 is 13.5 Å². The molecule has 2 N–H and O–H groups in total. The SMILES string of the molecule is Cc1n[nH]c(C)c1S(=O)(=O)N1CCC(CO)C1. The predicted octanol–water partition coefficient (Wildman–Crippen LogP) is 0.0294. The van der Waals surface area contributed by atoms with Gasteiger partial charge in [0.05, 0.1) is 11.4 Å². The molecule has 0 saturated carbocycles. The first-order valence-corrected chi connectivity index (χ1v) is 7.03. The summed E-state index contributed by atoms with van der Waals surface area (Å²) < 4.78 is 26.2. The molecule has 2 heterocycles. The number of aromatic nitrogens is 2. The van der Waals surface area contributed by atoms with E-state index in [4.69, 9.17) is 5.11 Å². The summed E-state index contributed by atoms with van der Waals surface area (Å²) in [5, 5.41) is 15.6. The van der Waals surface area contributed by atoms with Gasteiger partial charge in [-0.3, -0.25) is 5.10 Å². The van der Waals surface area contributed by atoms with Gasteiger partial charge in [-0.1, -0.05) is 0 Å². The summed E-state index contributed by atoms with van der Waals surface area (Å²) in [4.78, 5) is 0.274. The molecule has 2 rings (SSSR count). The van der Waals surface area contributed by atoms with Crippen molar-refractivity contribution in [1.82, 2.24) is 14.5 Å². The van der Waals surface area contributed by atoms with Crippen molar-refractivity contribution in [2.45, 2.75) is 25.2 Å². The van der Waals surface area contributed by atoms with E-state index >= 15 is 0 Å². The van der Waals surface area contributed by atoms with E-state index in [2.05, 4.69) is 10.2 Å². The van der Waals surface area contributed by atoms with E-state index in [1.54, 1.807) is 13.8 Å². The molecule has 6 nitrogen and oxygen atoms in total. The monoisotopic (exact) mass is 259 g/mol. The molecule has 96 valence electrons. The minimum atomic E-state index is -3.47. The fourth-order valence-corrected chi connectivity index (χ4v) is 4.08. The van der Waals surface area contributed by atoms with Crippen LogP contribution in [-0.4, -0.2) is 47.7 Å². The summed E-state index contributed by atoms with van der Waals surface area (Å²) in [6.07, 6.45) is 0.714. The lowest BCUT2D eigenvalue weighted by Crippen LogP contribution is -2.30. The van der Waals surface area contributed by atoms with Crippen LogP contribution in [0.1, 0.15) is 17.8 Å². The Morgan fingerprint density at radius 3 is 2.71 bits per heavy atom. The highest BCUT2D eigenvalue weighted by Gasteiger charge is 2.34. The fourth-order valence-electron chi connectivity index (χ4n) is 2.21. The summed E-state index contributed by atoms with van der Waals surface area (Å²) in [5.74, 6) is 0.0530. The third-order valence-electron chi connectivity index (χ3n) is 3.17. The van der Waals surface area contributed by atoms with Crippen molar-refractivity contribution in [1.29, 1.82) is 0 Å². The first-order chi connectivity index (χ1) is 7.96. The molecular formula is C10H17N3O3S. The van der Waals surface area contributed by atoms with Gasteiger partial charge in [-0.05, 0) is 26.2 Å². The Morgan fingerprint density at radius 2 is 2.24 bits per heavy atom. The standard InChI is InChI=1S/C10H17N3O3S/c1-7-10(8(2)12-11-7)17(15,16)13-4-3-9(5-13)6-14/h9,14H,3-6H2,1-2H3,(H,11,12). The molecule has 1 aliphatic heterocycles. The van der Waals surface area contributed by atoms with E-state index in [0.29, 0.717) is 30.9 Å². The second kappa shape index (κ2) is 4.40. The number of nitrogens with one attached hydrogen (secondary N) is 1. The van der Waals surface area contributed by atoms with Crippen LogP contribution in [0.3, 0.4) is 0 Å². The van der Waals surface area contributed by atoms with Crippen molar-refractivity contribution in [3.8, 4) is 0 Å². The second-order valence-electron chi connectivity index (χ2n) is 4.46. The molecule has 7 heteroatoms. The molecule has 0 radical (unpaired) electrons. The molecule has 1 aliphatic rings. The maximum Gasteiger partial charge on any atom is 0.246 e. The smallest absolute Gasteiger partial charge is 0.246 e. The molecular weight excluding hydrogens is 242 g/mol. The Labute approximate surface area is 101 Å². The third kappa shape index (κ3) is 2.10. The number of hydrogen-bond donors (Lipinski definition) is 2. The zero-order valence-corrected chi connectivity index (χ0v) is 10.8. The average molecular weight is 259 g/mol. The molecule has 1 atom stereocenters. The Balaban J connectivity index is 2.32. The number of aryl methyl sites for hydroxylation is 2. The van der Waals surface area contributed by atoms with Crippen molar-refractivity contribution in [2.75, 3.05) is 19.7 Å². The lowest BCUT2D eigenvalue weighted by Gasteiger charge is -2.16. The summed E-state index contributed by atoms with van der Waals surface area (Å²) in [6, 6.07) is 0. The Bertz CT molecular complexity index is 489. The highest BCUT2D eigenvalue weighted by molar-refractivity contribution is 7.89. The molecule has 1 aromatic heterocycles. The number of sulfonamides is 1. The van der Waals surface area contributed by atoms with Crippen molar-refractivity contribution >= 4 is 10.0 Å². The lowest BCUT2D eigenvalue weighted by molar-refractivity contribution is 0.233. The number of H-pyrrole nitrogens is 1. The summed E-state index contributed by atoms with van der Waals surface area (Å²) >= 11 is 0. The maximum absolute atomic E-state index is 12.4. The molecule has 1 fully saturated rings. The molecule has 0 spiro atoms. The van der Waals surface area contributed by atoms with Gasteiger partial charge in [0.1, 0.15) is 4.90 Å². The number of rotatable bonds is 3. The van der Waals surface area contributed by atoms with E-state index < -0.39 is 10.0 Å². The number of nitrogens with zero attached hydrogens (tertiary/aromatic N) is 2. The van der Waals surface area contributed by atoms with Crippen LogP contribution in [-0.2, 0) is 10.0 Å². The van der Waals surface area contributed by atoms with Crippen LogP contribution >= 0.6 is 0 Å². The van der Waals surface area contributed by atoms with Crippen molar-refractivity contribution in [3.05, 3.63) is 11.4 Å². The van der Waals surface area contributed by atoms with Gasteiger partial charge in [-0.2, -0.15) is 9.40 Å². The van der Waals surface area contributed by atoms with Crippen LogP contribution in [0, 0.1) is 19.8 Å². The Morgan fingerprint density at radius 1 is 1.53 bits per heavy atom. The molecule has 17 heavy (non-hydrogen) atoms. The van der Waals surface area contributed by atoms with Gasteiger partial charge >= 0.3 is 0 Å². The van der Waals surface area contributed by atoms with E-state index in [0.717, 1.165) is 0 Å². The van der Waals surface area contributed by atoms with E-state index in [-0.39, 0.29) is 17.4 Å². The third-order valence-corrected chi connectivity index (χ3v) is 5.29. The van der Waals surface area contributed by atoms with Gasteiger partial charge in [-0.15, -0.1) is 0 Å². The number of hydrogen-bond acceptors (Lipinski definition) is 4. The topological polar surface area (TPSA) is 86.3 Å². The zero-order chi connectivity index (χ0) is 12.6. The minimum Gasteiger partial charge on any atom is -0.396 e. The average Bonchev–Trinajstić information content (AvgIpc) is 2.85. The quantitative estimate of drug-likeness (QED) is 0.802. The fraction of sp³-hybridized carbons (Fsp3) is 0.700. The van der Waals surface area contributed by atoms with Gasteiger partial charge in [0, 0.05) is 19.7 Å². The predicted molar refractivity (Wildman–Crippen MR) is 62.0 cm³/mol. The molecule has 0 bridgehead atoms. The highest BCUT2D eigenvalue weighted by Crippen LogP contribution is 2.26. The molecule has 1 unspecified atom stereocenters. The van der Waals surface area contributed by atoms with Crippen LogP contribution in [0.4, 0.5) is 0 Å². The van der Waals surface area contributed by atoms with Gasteiger partial charge in [-0.25, -0.2) is 8.42 Å². The first kappa shape index (κ1) is 12.5. The van der Waals surface area contributed by atoms with Crippen LogP contribution in [0.2, 0.25) is 0 Å². The summed E-state index contributed by atoms with van der Waals surface area (Å²) in [7, 11) is -3.47. The minimum absolute atomic E-state index is 0.0371. The summed E-state index contributed by atoms with van der Waals surface area (Å²) in [6.45, 7) is 4.28. The number of aliphatic hydroxyl groups is 1. The number of aromatic amines is 1. The molecule has 1 aromatic rings. The van der Waals surface area contributed by atoms with Crippen molar-refractivity contribution in [3.63, 3.8) is 0 Å². The van der Waals surface area contributed by atoms with E-state index in [1.807, 2.05) is 0 Å². The van der Waals surface area contributed by atoms with Gasteiger partial charge < -0.3 is 5.11 Å². The summed E-state index contributed by atoms with van der Waals surface area (Å²) in [5.41, 5.74) is 1.06. The van der Waals surface area contributed by atoms with E-state index in [1.165, 1.54) is 4.31 Å². The Kier molecular flexibility index (Phi) is 3.24. The largest absolute Gasteiger partial charge is 0.396 e. The second-order valence-corrected chi connectivity index (χ2v) is 6.34. The number of aliphatic hydroxyl groups excluding tert-OH is 1. The lowest BCUT2D eigenvalue weighted by atomic mass is 10.1. The van der Waals surface area contributed by atoms with Crippen LogP contribution in [0.5, 0.6) is 0 Å².